The van der Waals surface area contributed by atoms with E-state index in [0.717, 1.165) is 16.6 Å². The van der Waals surface area contributed by atoms with Crippen LogP contribution in [-0.4, -0.2) is 15.5 Å². The average molecular weight is 297 g/mol. The molecule has 0 saturated carbocycles. The highest BCUT2D eigenvalue weighted by Crippen LogP contribution is 2.19. The Bertz CT molecular complexity index is 795. The first kappa shape index (κ1) is 14.3. The minimum Gasteiger partial charge on any atom is -0.348 e. The summed E-state index contributed by atoms with van der Waals surface area (Å²) in [6.45, 7) is 2.01. The van der Waals surface area contributed by atoms with Gasteiger partial charge in [0.2, 0.25) is 5.91 Å². The predicted octanol–water partition coefficient (Wildman–Crippen LogP) is 3.05. The molecule has 22 heavy (non-hydrogen) atoms. The van der Waals surface area contributed by atoms with Crippen molar-refractivity contribution < 1.29 is 9.18 Å². The third kappa shape index (κ3) is 2.98. The van der Waals surface area contributed by atoms with E-state index >= 15 is 0 Å². The van der Waals surface area contributed by atoms with Crippen LogP contribution in [0, 0.1) is 5.82 Å². The van der Waals surface area contributed by atoms with E-state index in [0.29, 0.717) is 6.54 Å². The predicted molar refractivity (Wildman–Crippen MR) is 82.7 cm³/mol. The van der Waals surface area contributed by atoms with Crippen molar-refractivity contribution in [2.45, 2.75) is 19.5 Å². The Morgan fingerprint density at radius 2 is 1.95 bits per heavy atom. The molecular weight excluding hydrogens is 281 g/mol. The molecule has 1 atom stereocenters. The SMILES string of the molecule is CC(=O)NC(Cn1cnc2ccccc21)c1ccc(F)cc1. The Balaban J connectivity index is 1.92. The minimum atomic E-state index is -0.293. The molecule has 1 aromatic heterocycles. The molecule has 1 N–H and O–H groups in total. The van der Waals surface area contributed by atoms with E-state index in [2.05, 4.69) is 10.3 Å². The van der Waals surface area contributed by atoms with Crippen LogP contribution in [0.3, 0.4) is 0 Å². The van der Waals surface area contributed by atoms with Gasteiger partial charge in [-0.1, -0.05) is 24.3 Å². The molecule has 3 aromatic rings. The van der Waals surface area contributed by atoms with Crippen molar-refractivity contribution in [3.05, 3.63) is 66.2 Å². The van der Waals surface area contributed by atoms with Crippen molar-refractivity contribution in [3.63, 3.8) is 0 Å². The zero-order valence-corrected chi connectivity index (χ0v) is 12.2. The van der Waals surface area contributed by atoms with Crippen LogP contribution in [0.25, 0.3) is 11.0 Å². The Labute approximate surface area is 127 Å². The molecule has 0 bridgehead atoms. The van der Waals surface area contributed by atoms with Gasteiger partial charge in [0.05, 0.1) is 23.4 Å². The first-order valence-electron chi connectivity index (χ1n) is 7.06. The Kier molecular flexibility index (Phi) is 3.87. The Hall–Kier alpha value is -2.69. The van der Waals surface area contributed by atoms with Crippen molar-refractivity contribution in [2.75, 3.05) is 0 Å². The lowest BCUT2D eigenvalue weighted by molar-refractivity contribution is -0.119. The lowest BCUT2D eigenvalue weighted by atomic mass is 10.1. The molecule has 0 fully saturated rings. The largest absolute Gasteiger partial charge is 0.348 e. The van der Waals surface area contributed by atoms with E-state index in [1.165, 1.54) is 19.1 Å². The molecule has 1 amide bonds. The Morgan fingerprint density at radius 1 is 1.23 bits per heavy atom. The number of aromatic nitrogens is 2. The summed E-state index contributed by atoms with van der Waals surface area (Å²) < 4.78 is 15.1. The van der Waals surface area contributed by atoms with E-state index < -0.39 is 0 Å². The van der Waals surface area contributed by atoms with Gasteiger partial charge in [0.25, 0.3) is 0 Å². The number of nitrogens with zero attached hydrogens (tertiary/aromatic N) is 2. The average Bonchev–Trinajstić information content (AvgIpc) is 2.90. The van der Waals surface area contributed by atoms with Gasteiger partial charge in [0.15, 0.2) is 0 Å². The normalized spacial score (nSPS) is 12.3. The maximum Gasteiger partial charge on any atom is 0.217 e. The molecule has 2 aromatic carbocycles. The summed E-state index contributed by atoms with van der Waals surface area (Å²) in [6.07, 6.45) is 1.75. The van der Waals surface area contributed by atoms with Gasteiger partial charge in [-0.15, -0.1) is 0 Å². The lowest BCUT2D eigenvalue weighted by Crippen LogP contribution is -2.29. The fourth-order valence-corrected chi connectivity index (χ4v) is 2.53. The molecule has 1 heterocycles. The van der Waals surface area contributed by atoms with Crippen LogP contribution in [0.5, 0.6) is 0 Å². The highest BCUT2D eigenvalue weighted by molar-refractivity contribution is 5.75. The topological polar surface area (TPSA) is 46.9 Å². The molecule has 0 aliphatic carbocycles. The van der Waals surface area contributed by atoms with Crippen LogP contribution in [0.4, 0.5) is 4.39 Å². The summed E-state index contributed by atoms with van der Waals surface area (Å²) in [5, 5.41) is 2.91. The number of rotatable bonds is 4. The number of fused-ring (bicyclic) bond motifs is 1. The number of halogens is 1. The minimum absolute atomic E-state index is 0.126. The number of para-hydroxylation sites is 2. The first-order chi connectivity index (χ1) is 10.6. The highest BCUT2D eigenvalue weighted by Gasteiger charge is 2.15. The molecule has 0 aliphatic rings. The molecule has 3 rings (SSSR count). The standard InChI is InChI=1S/C17H16FN3O/c1-12(22)20-16(13-6-8-14(18)9-7-13)10-21-11-19-15-4-2-3-5-17(15)21/h2-9,11,16H,10H2,1H3,(H,20,22). The molecular formula is C17H16FN3O. The summed E-state index contributed by atoms with van der Waals surface area (Å²) in [5.41, 5.74) is 2.76. The van der Waals surface area contributed by atoms with Crippen molar-refractivity contribution >= 4 is 16.9 Å². The van der Waals surface area contributed by atoms with E-state index in [1.807, 2.05) is 28.8 Å². The zero-order valence-electron chi connectivity index (χ0n) is 12.2. The van der Waals surface area contributed by atoms with Crippen molar-refractivity contribution in [2.24, 2.45) is 0 Å². The maximum atomic E-state index is 13.1. The second-order valence-corrected chi connectivity index (χ2v) is 5.19. The van der Waals surface area contributed by atoms with Crippen LogP contribution in [0.1, 0.15) is 18.5 Å². The van der Waals surface area contributed by atoms with Crippen LogP contribution >= 0.6 is 0 Å². The van der Waals surface area contributed by atoms with E-state index in [1.54, 1.807) is 18.5 Å². The fraction of sp³-hybridized carbons (Fsp3) is 0.176. The van der Waals surface area contributed by atoms with Gasteiger partial charge >= 0.3 is 0 Å². The number of amides is 1. The zero-order chi connectivity index (χ0) is 15.5. The number of carbonyl (C=O) groups excluding carboxylic acids is 1. The summed E-state index contributed by atoms with van der Waals surface area (Å²) in [4.78, 5) is 15.8. The van der Waals surface area contributed by atoms with Crippen molar-refractivity contribution in [3.8, 4) is 0 Å². The second-order valence-electron chi connectivity index (χ2n) is 5.19. The van der Waals surface area contributed by atoms with Gasteiger partial charge in [0, 0.05) is 13.5 Å². The van der Waals surface area contributed by atoms with Crippen LogP contribution in [0.2, 0.25) is 0 Å². The van der Waals surface area contributed by atoms with E-state index in [4.69, 9.17) is 0 Å². The first-order valence-corrected chi connectivity index (χ1v) is 7.06. The van der Waals surface area contributed by atoms with Crippen molar-refractivity contribution in [1.82, 2.24) is 14.9 Å². The quantitative estimate of drug-likeness (QED) is 0.804. The third-order valence-corrected chi connectivity index (χ3v) is 3.56. The number of carbonyl (C=O) groups is 1. The van der Waals surface area contributed by atoms with Gasteiger partial charge < -0.3 is 9.88 Å². The Morgan fingerprint density at radius 3 is 2.68 bits per heavy atom. The smallest absolute Gasteiger partial charge is 0.217 e. The number of imidazole rings is 1. The number of hydrogen-bond acceptors (Lipinski definition) is 2. The fourth-order valence-electron chi connectivity index (χ4n) is 2.53. The number of nitrogens with one attached hydrogen (secondary N) is 1. The molecule has 1 unspecified atom stereocenters. The molecule has 0 radical (unpaired) electrons. The van der Waals surface area contributed by atoms with Gasteiger partial charge in [-0.25, -0.2) is 9.37 Å². The van der Waals surface area contributed by atoms with Gasteiger partial charge in [0.1, 0.15) is 5.82 Å². The lowest BCUT2D eigenvalue weighted by Gasteiger charge is -2.19. The molecule has 4 nitrogen and oxygen atoms in total. The van der Waals surface area contributed by atoms with E-state index in [9.17, 15) is 9.18 Å². The van der Waals surface area contributed by atoms with Crippen LogP contribution in [-0.2, 0) is 11.3 Å². The maximum absolute atomic E-state index is 13.1. The highest BCUT2D eigenvalue weighted by atomic mass is 19.1. The van der Waals surface area contributed by atoms with Crippen molar-refractivity contribution in [1.29, 1.82) is 0 Å². The molecule has 5 heteroatoms. The molecule has 112 valence electrons. The molecule has 0 spiro atoms. The summed E-state index contributed by atoms with van der Waals surface area (Å²) in [7, 11) is 0. The number of benzene rings is 2. The molecule has 0 saturated heterocycles. The van der Waals surface area contributed by atoms with Crippen LogP contribution < -0.4 is 5.32 Å². The van der Waals surface area contributed by atoms with Crippen LogP contribution in [0.15, 0.2) is 54.9 Å². The summed E-state index contributed by atoms with van der Waals surface area (Å²) in [5.74, 6) is -0.419. The molecule has 0 aliphatic heterocycles. The number of hydrogen-bond donors (Lipinski definition) is 1. The van der Waals surface area contributed by atoms with Gasteiger partial charge in [-0.05, 0) is 29.8 Å². The summed E-state index contributed by atoms with van der Waals surface area (Å²) in [6, 6.07) is 13.7. The van der Waals surface area contributed by atoms with E-state index in [-0.39, 0.29) is 17.8 Å². The second kappa shape index (κ2) is 5.97. The third-order valence-electron chi connectivity index (χ3n) is 3.56. The summed E-state index contributed by atoms with van der Waals surface area (Å²) >= 11 is 0. The van der Waals surface area contributed by atoms with Gasteiger partial charge in [-0.2, -0.15) is 0 Å². The van der Waals surface area contributed by atoms with Gasteiger partial charge in [-0.3, -0.25) is 4.79 Å². The monoisotopic (exact) mass is 297 g/mol.